The van der Waals surface area contributed by atoms with E-state index in [0.29, 0.717) is 48.9 Å². The molecule has 212 valence electrons. The van der Waals surface area contributed by atoms with Crippen molar-refractivity contribution in [2.45, 2.75) is 58.6 Å². The number of hydrogen-bond donors (Lipinski definition) is 3. The molecule has 0 bridgehead atoms. The standard InChI is InChI=1S/C30H37N5O5/c1-18-8-6-10-22(27(18)38-5)34-26-24-21(12-14-32-28(24)36)33-25(26)20-11-13-31-16-23(20)39-17-19-9-7-15-35(19)29(37)40-30(2,3)4/h6,8,10-11,13,16,19,33-34H,7,9,12,14-15,17H2,1-5H3,(H,32,36)/t19-/m0/s1. The van der Waals surface area contributed by atoms with E-state index >= 15 is 0 Å². The summed E-state index contributed by atoms with van der Waals surface area (Å²) in [7, 11) is 1.63. The number of hydrogen-bond acceptors (Lipinski definition) is 7. The number of para-hydroxylation sites is 1. The minimum Gasteiger partial charge on any atom is -0.494 e. The first kappa shape index (κ1) is 27.4. The van der Waals surface area contributed by atoms with Crippen LogP contribution in [0.1, 0.15) is 55.2 Å². The number of fused-ring (bicyclic) bond motifs is 1. The normalized spacial score (nSPS) is 16.8. The molecule has 0 aliphatic carbocycles. The lowest BCUT2D eigenvalue weighted by Gasteiger charge is -2.28. The van der Waals surface area contributed by atoms with Gasteiger partial charge >= 0.3 is 6.09 Å². The highest BCUT2D eigenvalue weighted by Crippen LogP contribution is 2.42. The summed E-state index contributed by atoms with van der Waals surface area (Å²) in [6, 6.07) is 7.59. The van der Waals surface area contributed by atoms with Crippen LogP contribution in [-0.4, -0.2) is 65.3 Å². The van der Waals surface area contributed by atoms with Gasteiger partial charge in [-0.3, -0.25) is 9.78 Å². The topological polar surface area (TPSA) is 118 Å². The molecule has 3 aromatic rings. The Morgan fingerprint density at radius 1 is 1.25 bits per heavy atom. The molecule has 1 aromatic carbocycles. The van der Waals surface area contributed by atoms with E-state index in [2.05, 4.69) is 20.6 Å². The zero-order chi connectivity index (χ0) is 28.4. The van der Waals surface area contributed by atoms with E-state index in [1.54, 1.807) is 24.4 Å². The first-order valence-electron chi connectivity index (χ1n) is 13.7. The van der Waals surface area contributed by atoms with Crippen LogP contribution in [0, 0.1) is 6.92 Å². The highest BCUT2D eigenvalue weighted by molar-refractivity contribution is 6.06. The lowest BCUT2D eigenvalue weighted by Crippen LogP contribution is -2.42. The third-order valence-electron chi connectivity index (χ3n) is 7.13. The monoisotopic (exact) mass is 547 g/mol. The van der Waals surface area contributed by atoms with E-state index in [-0.39, 0.29) is 18.0 Å². The molecule has 10 nitrogen and oxygen atoms in total. The summed E-state index contributed by atoms with van der Waals surface area (Å²) >= 11 is 0. The molecule has 0 spiro atoms. The van der Waals surface area contributed by atoms with Crippen LogP contribution >= 0.6 is 0 Å². The van der Waals surface area contributed by atoms with Crippen LogP contribution in [-0.2, 0) is 11.2 Å². The van der Waals surface area contributed by atoms with Gasteiger partial charge < -0.3 is 34.7 Å². The van der Waals surface area contributed by atoms with Gasteiger partial charge in [0.1, 0.15) is 23.7 Å². The molecule has 2 aliphatic heterocycles. The van der Waals surface area contributed by atoms with E-state index in [1.807, 2.05) is 52.0 Å². The number of nitrogens with zero attached hydrogens (tertiary/aromatic N) is 2. The molecule has 40 heavy (non-hydrogen) atoms. The van der Waals surface area contributed by atoms with Crippen molar-refractivity contribution in [1.82, 2.24) is 20.2 Å². The van der Waals surface area contributed by atoms with Crippen LogP contribution in [0.4, 0.5) is 16.2 Å². The summed E-state index contributed by atoms with van der Waals surface area (Å²) in [5, 5.41) is 6.43. The van der Waals surface area contributed by atoms with Gasteiger partial charge in [0.25, 0.3) is 5.91 Å². The largest absolute Gasteiger partial charge is 0.494 e. The summed E-state index contributed by atoms with van der Waals surface area (Å²) in [5.74, 6) is 1.11. The summed E-state index contributed by atoms with van der Waals surface area (Å²) in [6.45, 7) is 9.05. The van der Waals surface area contributed by atoms with Gasteiger partial charge in [0.15, 0.2) is 0 Å². The van der Waals surface area contributed by atoms with Crippen molar-refractivity contribution in [2.24, 2.45) is 0 Å². The molecule has 4 heterocycles. The minimum atomic E-state index is -0.565. The predicted octanol–water partition coefficient (Wildman–Crippen LogP) is 5.20. The van der Waals surface area contributed by atoms with Gasteiger partial charge in [-0.2, -0.15) is 0 Å². The van der Waals surface area contributed by atoms with Gasteiger partial charge in [0.2, 0.25) is 0 Å². The van der Waals surface area contributed by atoms with Crippen molar-refractivity contribution < 1.29 is 23.8 Å². The fraction of sp³-hybridized carbons (Fsp3) is 0.433. The molecule has 2 aromatic heterocycles. The third kappa shape index (κ3) is 5.57. The van der Waals surface area contributed by atoms with E-state index in [9.17, 15) is 9.59 Å². The van der Waals surface area contributed by atoms with Crippen molar-refractivity contribution in [3.05, 3.63) is 53.5 Å². The van der Waals surface area contributed by atoms with Gasteiger partial charge in [-0.1, -0.05) is 12.1 Å². The maximum absolute atomic E-state index is 13.1. The zero-order valence-electron chi connectivity index (χ0n) is 23.7. The summed E-state index contributed by atoms with van der Waals surface area (Å²) < 4.78 is 17.6. The first-order chi connectivity index (χ1) is 19.2. The first-order valence-corrected chi connectivity index (χ1v) is 13.7. The average molecular weight is 548 g/mol. The van der Waals surface area contributed by atoms with Crippen LogP contribution in [0.25, 0.3) is 11.3 Å². The number of pyridine rings is 1. The molecule has 0 saturated carbocycles. The second kappa shape index (κ2) is 11.1. The molecular weight excluding hydrogens is 510 g/mol. The number of aryl methyl sites for hydroxylation is 1. The Morgan fingerprint density at radius 3 is 2.85 bits per heavy atom. The maximum atomic E-state index is 13.1. The van der Waals surface area contributed by atoms with E-state index in [4.69, 9.17) is 14.2 Å². The Morgan fingerprint density at radius 2 is 2.08 bits per heavy atom. The van der Waals surface area contributed by atoms with E-state index in [0.717, 1.165) is 41.0 Å². The number of nitrogens with one attached hydrogen (secondary N) is 3. The number of anilines is 2. The molecule has 1 fully saturated rings. The average Bonchev–Trinajstić information content (AvgIpc) is 3.52. The summed E-state index contributed by atoms with van der Waals surface area (Å²) in [4.78, 5) is 35.4. The molecule has 10 heteroatoms. The quantitative estimate of drug-likeness (QED) is 0.372. The molecule has 3 N–H and O–H groups in total. The number of carbonyl (C=O) groups excluding carboxylic acids is 2. The number of rotatable bonds is 7. The summed E-state index contributed by atoms with van der Waals surface area (Å²) in [5.41, 5.74) is 4.70. The van der Waals surface area contributed by atoms with Crippen molar-refractivity contribution >= 4 is 23.4 Å². The third-order valence-corrected chi connectivity index (χ3v) is 7.13. The highest BCUT2D eigenvalue weighted by atomic mass is 16.6. The van der Waals surface area contributed by atoms with E-state index < -0.39 is 5.60 Å². The van der Waals surface area contributed by atoms with Crippen molar-refractivity contribution in [1.29, 1.82) is 0 Å². The Labute approximate surface area is 234 Å². The fourth-order valence-corrected chi connectivity index (χ4v) is 5.32. The van der Waals surface area contributed by atoms with Crippen molar-refractivity contribution in [2.75, 3.05) is 32.1 Å². The Hall–Kier alpha value is -4.21. The number of likely N-dealkylation sites (tertiary alicyclic amines) is 1. The molecule has 2 amide bonds. The molecule has 1 saturated heterocycles. The lowest BCUT2D eigenvalue weighted by molar-refractivity contribution is 0.0187. The zero-order valence-corrected chi connectivity index (χ0v) is 23.7. The molecule has 5 rings (SSSR count). The number of aromatic amines is 1. The molecule has 2 aliphatic rings. The Balaban J connectivity index is 1.47. The van der Waals surface area contributed by atoms with Crippen molar-refractivity contribution in [3.63, 3.8) is 0 Å². The second-order valence-electron chi connectivity index (χ2n) is 11.2. The number of methoxy groups -OCH3 is 1. The smallest absolute Gasteiger partial charge is 0.410 e. The number of H-pyrrole nitrogens is 1. The van der Waals surface area contributed by atoms with Crippen molar-refractivity contribution in [3.8, 4) is 22.8 Å². The summed E-state index contributed by atoms with van der Waals surface area (Å²) in [6.07, 6.45) is 5.42. The molecule has 0 radical (unpaired) electrons. The van der Waals surface area contributed by atoms with Crippen LogP contribution in [0.5, 0.6) is 11.5 Å². The number of benzene rings is 1. The van der Waals surface area contributed by atoms with Gasteiger partial charge in [0.05, 0.1) is 42.0 Å². The predicted molar refractivity (Wildman–Crippen MR) is 153 cm³/mol. The van der Waals surface area contributed by atoms with Gasteiger partial charge in [-0.15, -0.1) is 0 Å². The fourth-order valence-electron chi connectivity index (χ4n) is 5.32. The van der Waals surface area contributed by atoms with Gasteiger partial charge in [0, 0.05) is 37.0 Å². The number of ether oxygens (including phenoxy) is 3. The second-order valence-corrected chi connectivity index (χ2v) is 11.2. The Kier molecular flexibility index (Phi) is 7.60. The van der Waals surface area contributed by atoms with Gasteiger partial charge in [-0.05, 0) is 58.2 Å². The van der Waals surface area contributed by atoms with E-state index in [1.165, 1.54) is 0 Å². The molecule has 1 atom stereocenters. The van der Waals surface area contributed by atoms with Crippen LogP contribution in [0.2, 0.25) is 0 Å². The minimum absolute atomic E-state index is 0.111. The van der Waals surface area contributed by atoms with Crippen LogP contribution in [0.15, 0.2) is 36.7 Å². The maximum Gasteiger partial charge on any atom is 0.410 e. The highest BCUT2D eigenvalue weighted by Gasteiger charge is 2.33. The van der Waals surface area contributed by atoms with Crippen LogP contribution in [0.3, 0.4) is 0 Å². The van der Waals surface area contributed by atoms with Crippen LogP contribution < -0.4 is 20.1 Å². The molecular formula is C30H37N5O5. The number of amides is 2. The lowest BCUT2D eigenvalue weighted by atomic mass is 10.0. The van der Waals surface area contributed by atoms with Gasteiger partial charge in [-0.25, -0.2) is 4.79 Å². The SMILES string of the molecule is COc1c(C)cccc1Nc1c(-c2ccncc2OC[C@@H]2CCCN2C(=O)OC(C)(C)C)[nH]c2c1C(=O)NCC2. The Bertz CT molecular complexity index is 1410. The number of aromatic nitrogens is 2. The molecule has 0 unspecified atom stereocenters. The number of carbonyl (C=O) groups is 2.